The first kappa shape index (κ1) is 17.2. The SMILES string of the molecule is CC(=O)Nc1ccc(-c2csc(NC(=O)C3Cc4ccccc4O3)n2)cc1. The summed E-state index contributed by atoms with van der Waals surface area (Å²) in [5.41, 5.74) is 3.44. The van der Waals surface area contributed by atoms with Crippen molar-refractivity contribution in [2.24, 2.45) is 0 Å². The zero-order chi connectivity index (χ0) is 18.8. The van der Waals surface area contributed by atoms with Gasteiger partial charge in [-0.1, -0.05) is 30.3 Å². The van der Waals surface area contributed by atoms with Crippen molar-refractivity contribution in [2.45, 2.75) is 19.4 Å². The first-order valence-corrected chi connectivity index (χ1v) is 9.35. The van der Waals surface area contributed by atoms with Crippen LogP contribution < -0.4 is 15.4 Å². The number of amides is 2. The van der Waals surface area contributed by atoms with Crippen LogP contribution in [0.2, 0.25) is 0 Å². The quantitative estimate of drug-likeness (QED) is 0.724. The number of benzene rings is 2. The normalized spacial score (nSPS) is 14.9. The number of hydrogen-bond acceptors (Lipinski definition) is 5. The van der Waals surface area contributed by atoms with Crippen LogP contribution in [0.3, 0.4) is 0 Å². The van der Waals surface area contributed by atoms with Crippen molar-refractivity contribution >= 4 is 34.0 Å². The second-order valence-corrected chi connectivity index (χ2v) is 7.06. The number of para-hydroxylation sites is 1. The third kappa shape index (κ3) is 3.83. The fourth-order valence-corrected chi connectivity index (χ4v) is 3.63. The van der Waals surface area contributed by atoms with E-state index in [0.29, 0.717) is 11.6 Å². The number of aromatic nitrogens is 1. The summed E-state index contributed by atoms with van der Waals surface area (Å²) >= 11 is 1.36. The van der Waals surface area contributed by atoms with Crippen LogP contribution >= 0.6 is 11.3 Å². The first-order chi connectivity index (χ1) is 13.1. The van der Waals surface area contributed by atoms with Crippen molar-refractivity contribution in [3.05, 3.63) is 59.5 Å². The third-order valence-electron chi connectivity index (χ3n) is 4.17. The fourth-order valence-electron chi connectivity index (χ4n) is 2.91. The van der Waals surface area contributed by atoms with E-state index in [1.54, 1.807) is 0 Å². The molecule has 2 amide bonds. The summed E-state index contributed by atoms with van der Waals surface area (Å²) in [6, 6.07) is 15.1. The zero-order valence-electron chi connectivity index (χ0n) is 14.6. The topological polar surface area (TPSA) is 80.3 Å². The average Bonchev–Trinajstić information content (AvgIpc) is 3.28. The number of thiazole rings is 1. The molecule has 3 aromatic rings. The molecule has 0 bridgehead atoms. The van der Waals surface area contributed by atoms with Crippen molar-refractivity contribution < 1.29 is 14.3 Å². The van der Waals surface area contributed by atoms with Crippen LogP contribution in [0.25, 0.3) is 11.3 Å². The molecule has 1 aliphatic heterocycles. The summed E-state index contributed by atoms with van der Waals surface area (Å²) in [7, 11) is 0. The van der Waals surface area contributed by atoms with Gasteiger partial charge in [-0.3, -0.25) is 14.9 Å². The Balaban J connectivity index is 1.41. The van der Waals surface area contributed by atoms with Gasteiger partial charge in [-0.15, -0.1) is 11.3 Å². The fraction of sp³-hybridized carbons (Fsp3) is 0.150. The lowest BCUT2D eigenvalue weighted by molar-refractivity contribution is -0.122. The van der Waals surface area contributed by atoms with E-state index in [2.05, 4.69) is 15.6 Å². The van der Waals surface area contributed by atoms with Crippen molar-refractivity contribution in [1.82, 2.24) is 4.98 Å². The van der Waals surface area contributed by atoms with E-state index < -0.39 is 6.10 Å². The maximum atomic E-state index is 12.5. The highest BCUT2D eigenvalue weighted by Crippen LogP contribution is 2.30. The van der Waals surface area contributed by atoms with Gasteiger partial charge in [-0.05, 0) is 23.8 Å². The Hall–Kier alpha value is -3.19. The van der Waals surface area contributed by atoms with Crippen molar-refractivity contribution in [3.63, 3.8) is 0 Å². The summed E-state index contributed by atoms with van der Waals surface area (Å²) in [5.74, 6) is 0.447. The second-order valence-electron chi connectivity index (χ2n) is 6.20. The molecule has 0 saturated carbocycles. The highest BCUT2D eigenvalue weighted by molar-refractivity contribution is 7.14. The molecule has 6 nitrogen and oxygen atoms in total. The number of nitrogens with zero attached hydrogens (tertiary/aromatic N) is 1. The molecule has 0 aliphatic carbocycles. The number of ether oxygens (including phenoxy) is 1. The van der Waals surface area contributed by atoms with Gasteiger partial charge in [0.2, 0.25) is 5.91 Å². The van der Waals surface area contributed by atoms with E-state index in [4.69, 9.17) is 4.74 Å². The molecule has 1 unspecified atom stereocenters. The third-order valence-corrected chi connectivity index (χ3v) is 4.93. The minimum Gasteiger partial charge on any atom is -0.480 e. The maximum absolute atomic E-state index is 12.5. The standard InChI is InChI=1S/C20H17N3O3S/c1-12(24)21-15-8-6-13(7-9-15)16-11-27-20(22-16)23-19(25)18-10-14-4-2-3-5-17(14)26-18/h2-9,11,18H,10H2,1H3,(H,21,24)(H,22,23,25). The Bertz CT molecular complexity index is 973. The first-order valence-electron chi connectivity index (χ1n) is 8.47. The van der Waals surface area contributed by atoms with E-state index in [1.165, 1.54) is 18.3 Å². The number of rotatable bonds is 4. The minimum atomic E-state index is -0.535. The molecule has 136 valence electrons. The number of fused-ring (bicyclic) bond motifs is 1. The molecule has 2 N–H and O–H groups in total. The van der Waals surface area contributed by atoms with Crippen molar-refractivity contribution in [2.75, 3.05) is 10.6 Å². The van der Waals surface area contributed by atoms with Gasteiger partial charge < -0.3 is 10.1 Å². The Kier molecular flexibility index (Phi) is 4.60. The number of nitrogens with one attached hydrogen (secondary N) is 2. The van der Waals surface area contributed by atoms with E-state index in [0.717, 1.165) is 28.3 Å². The smallest absolute Gasteiger partial charge is 0.267 e. The summed E-state index contributed by atoms with van der Waals surface area (Å²) in [4.78, 5) is 28.0. The van der Waals surface area contributed by atoms with Gasteiger partial charge in [0.25, 0.3) is 5.91 Å². The molecule has 0 saturated heterocycles. The van der Waals surface area contributed by atoms with E-state index >= 15 is 0 Å². The molecule has 0 radical (unpaired) electrons. The molecule has 2 aromatic carbocycles. The van der Waals surface area contributed by atoms with Crippen LogP contribution in [-0.2, 0) is 16.0 Å². The minimum absolute atomic E-state index is 0.113. The Labute approximate surface area is 160 Å². The van der Waals surface area contributed by atoms with Crippen molar-refractivity contribution in [1.29, 1.82) is 0 Å². The predicted molar refractivity (Wildman–Crippen MR) is 105 cm³/mol. The van der Waals surface area contributed by atoms with Gasteiger partial charge in [-0.2, -0.15) is 0 Å². The lowest BCUT2D eigenvalue weighted by Gasteiger charge is -2.09. The molecule has 7 heteroatoms. The lowest BCUT2D eigenvalue weighted by Crippen LogP contribution is -2.31. The molecule has 0 fully saturated rings. The second kappa shape index (κ2) is 7.20. The van der Waals surface area contributed by atoms with Gasteiger partial charge in [0.15, 0.2) is 11.2 Å². The van der Waals surface area contributed by atoms with E-state index in [9.17, 15) is 9.59 Å². The monoisotopic (exact) mass is 379 g/mol. The molecular weight excluding hydrogens is 362 g/mol. The molecule has 1 aliphatic rings. The lowest BCUT2D eigenvalue weighted by atomic mass is 10.1. The van der Waals surface area contributed by atoms with Crippen LogP contribution in [0, 0.1) is 0 Å². The van der Waals surface area contributed by atoms with Gasteiger partial charge >= 0.3 is 0 Å². The van der Waals surface area contributed by atoms with Crippen LogP contribution in [0.1, 0.15) is 12.5 Å². The largest absolute Gasteiger partial charge is 0.480 e. The molecule has 2 heterocycles. The summed E-state index contributed by atoms with van der Waals surface area (Å²) < 4.78 is 5.71. The Morgan fingerprint density at radius 1 is 1.11 bits per heavy atom. The average molecular weight is 379 g/mol. The summed E-state index contributed by atoms with van der Waals surface area (Å²) in [5, 5.41) is 7.97. The van der Waals surface area contributed by atoms with Crippen molar-refractivity contribution in [3.8, 4) is 17.0 Å². The Morgan fingerprint density at radius 3 is 2.63 bits per heavy atom. The van der Waals surface area contributed by atoms with Gasteiger partial charge in [0.1, 0.15) is 5.75 Å². The summed E-state index contributed by atoms with van der Waals surface area (Å²) in [6.07, 6.45) is 0.0249. The molecule has 1 atom stereocenters. The molecule has 4 rings (SSSR count). The van der Waals surface area contributed by atoms with Gasteiger partial charge in [0, 0.05) is 30.0 Å². The van der Waals surface area contributed by atoms with Gasteiger partial charge in [-0.25, -0.2) is 4.98 Å². The molecule has 27 heavy (non-hydrogen) atoms. The highest BCUT2D eigenvalue weighted by atomic mass is 32.1. The number of hydrogen-bond donors (Lipinski definition) is 2. The number of carbonyl (C=O) groups is 2. The van der Waals surface area contributed by atoms with Gasteiger partial charge in [0.05, 0.1) is 5.69 Å². The highest BCUT2D eigenvalue weighted by Gasteiger charge is 2.29. The molecular formula is C20H17N3O3S. The summed E-state index contributed by atoms with van der Waals surface area (Å²) in [6.45, 7) is 1.47. The Morgan fingerprint density at radius 2 is 1.89 bits per heavy atom. The predicted octanol–water partition coefficient (Wildman–Crippen LogP) is 3.71. The van der Waals surface area contributed by atoms with Crippen LogP contribution in [-0.4, -0.2) is 22.9 Å². The van der Waals surface area contributed by atoms with E-state index in [1.807, 2.05) is 53.9 Å². The van der Waals surface area contributed by atoms with E-state index in [-0.39, 0.29) is 11.8 Å². The maximum Gasteiger partial charge on any atom is 0.267 e. The number of anilines is 2. The van der Waals surface area contributed by atoms with Crippen LogP contribution in [0.5, 0.6) is 5.75 Å². The van der Waals surface area contributed by atoms with Crippen LogP contribution in [0.4, 0.5) is 10.8 Å². The molecule has 1 aromatic heterocycles. The number of carbonyl (C=O) groups excluding carboxylic acids is 2. The zero-order valence-corrected chi connectivity index (χ0v) is 15.4. The molecule has 0 spiro atoms. The van der Waals surface area contributed by atoms with Crippen LogP contribution in [0.15, 0.2) is 53.9 Å².